The van der Waals surface area contributed by atoms with Crippen molar-refractivity contribution in [3.63, 3.8) is 0 Å². The molecule has 0 aliphatic carbocycles. The van der Waals surface area contributed by atoms with Gasteiger partial charge in [0.1, 0.15) is 16.9 Å². The number of carbonyl (C=O) groups is 1. The molecule has 0 bridgehead atoms. The van der Waals surface area contributed by atoms with Crippen molar-refractivity contribution in [2.75, 3.05) is 11.1 Å². The minimum atomic E-state index is -0.457. The molecule has 2 N–H and O–H groups in total. The van der Waals surface area contributed by atoms with Gasteiger partial charge in [0.25, 0.3) is 5.69 Å². The molecule has 1 amide bonds. The van der Waals surface area contributed by atoms with Gasteiger partial charge in [0.15, 0.2) is 5.65 Å². The van der Waals surface area contributed by atoms with Crippen molar-refractivity contribution in [1.29, 1.82) is 0 Å². The number of nitrogens with zero attached hydrogens (tertiary/aromatic N) is 4. The average Bonchev–Trinajstić information content (AvgIpc) is 3.01. The fourth-order valence-corrected chi connectivity index (χ4v) is 2.88. The van der Waals surface area contributed by atoms with Gasteiger partial charge in [-0.3, -0.25) is 14.9 Å². The van der Waals surface area contributed by atoms with E-state index >= 15 is 0 Å². The zero-order valence-corrected chi connectivity index (χ0v) is 13.3. The highest BCUT2D eigenvalue weighted by molar-refractivity contribution is 8.00. The minimum absolute atomic E-state index is 0.0185. The average molecular weight is 344 g/mol. The van der Waals surface area contributed by atoms with Gasteiger partial charge in [-0.25, -0.2) is 15.0 Å². The van der Waals surface area contributed by atoms with E-state index in [4.69, 9.17) is 0 Å². The van der Waals surface area contributed by atoms with Crippen molar-refractivity contribution in [2.24, 2.45) is 0 Å². The first-order valence-corrected chi connectivity index (χ1v) is 7.85. The van der Waals surface area contributed by atoms with E-state index in [2.05, 4.69) is 25.3 Å². The van der Waals surface area contributed by atoms with Crippen LogP contribution in [0, 0.1) is 17.0 Å². The molecule has 0 spiro atoms. The topological polar surface area (TPSA) is 127 Å². The van der Waals surface area contributed by atoms with Gasteiger partial charge in [0.05, 0.1) is 17.0 Å². The molecule has 10 heteroatoms. The number of carbonyl (C=O) groups excluding carboxylic acids is 1. The molecule has 0 aliphatic heterocycles. The molecule has 0 saturated heterocycles. The summed E-state index contributed by atoms with van der Waals surface area (Å²) in [5, 5.41) is 14.1. The Labute approximate surface area is 140 Å². The van der Waals surface area contributed by atoms with Gasteiger partial charge in [-0.1, -0.05) is 11.8 Å². The van der Waals surface area contributed by atoms with Crippen LogP contribution in [0.4, 0.5) is 11.4 Å². The molecule has 0 unspecified atom stereocenters. The lowest BCUT2D eigenvalue weighted by Crippen LogP contribution is -2.14. The maximum atomic E-state index is 12.1. The summed E-state index contributed by atoms with van der Waals surface area (Å²) >= 11 is 1.25. The Bertz CT molecular complexity index is 926. The second kappa shape index (κ2) is 6.62. The highest BCUT2D eigenvalue weighted by Gasteiger charge is 2.13. The Morgan fingerprint density at radius 3 is 2.96 bits per heavy atom. The van der Waals surface area contributed by atoms with E-state index in [1.54, 1.807) is 13.0 Å². The number of thioether (sulfide) groups is 1. The smallest absolute Gasteiger partial charge is 0.272 e. The first kappa shape index (κ1) is 15.9. The molecule has 1 aromatic carbocycles. The van der Waals surface area contributed by atoms with E-state index in [0.29, 0.717) is 27.4 Å². The Morgan fingerprint density at radius 2 is 2.21 bits per heavy atom. The highest BCUT2D eigenvalue weighted by atomic mass is 32.2. The summed E-state index contributed by atoms with van der Waals surface area (Å²) in [5.74, 6) is -0.0965. The third-order valence-corrected chi connectivity index (χ3v) is 4.19. The summed E-state index contributed by atoms with van der Waals surface area (Å²) in [4.78, 5) is 37.5. The van der Waals surface area contributed by atoms with Gasteiger partial charge in [0, 0.05) is 17.3 Å². The maximum absolute atomic E-state index is 12.1. The number of rotatable bonds is 5. The van der Waals surface area contributed by atoms with Crippen LogP contribution in [0.2, 0.25) is 0 Å². The number of fused-ring (bicyclic) bond motifs is 1. The van der Waals surface area contributed by atoms with E-state index in [-0.39, 0.29) is 17.3 Å². The summed E-state index contributed by atoms with van der Waals surface area (Å²) in [6, 6.07) is 4.45. The van der Waals surface area contributed by atoms with Gasteiger partial charge in [0.2, 0.25) is 5.91 Å². The number of aryl methyl sites for hydroxylation is 1. The van der Waals surface area contributed by atoms with Crippen molar-refractivity contribution in [3.8, 4) is 0 Å². The number of nitrogens with one attached hydrogen (secondary N) is 2. The summed E-state index contributed by atoms with van der Waals surface area (Å²) in [7, 11) is 0. The van der Waals surface area contributed by atoms with Crippen LogP contribution in [0.25, 0.3) is 11.2 Å². The lowest BCUT2D eigenvalue weighted by atomic mass is 10.2. The van der Waals surface area contributed by atoms with Crippen molar-refractivity contribution >= 4 is 40.2 Å². The summed E-state index contributed by atoms with van der Waals surface area (Å²) in [5.41, 5.74) is 2.24. The number of amides is 1. The molecule has 9 nitrogen and oxygen atoms in total. The van der Waals surface area contributed by atoms with Crippen LogP contribution in [-0.4, -0.2) is 36.5 Å². The molecule has 122 valence electrons. The summed E-state index contributed by atoms with van der Waals surface area (Å²) in [6.07, 6.45) is 2.91. The predicted octanol–water partition coefficient (Wildman–Crippen LogP) is 2.30. The molecule has 0 radical (unpaired) electrons. The molecular formula is C14H12N6O3S. The van der Waals surface area contributed by atoms with Crippen molar-refractivity contribution in [3.05, 3.63) is 46.5 Å². The number of anilines is 1. The fourth-order valence-electron chi connectivity index (χ4n) is 2.12. The summed E-state index contributed by atoms with van der Waals surface area (Å²) < 4.78 is 0. The molecule has 2 aromatic heterocycles. The van der Waals surface area contributed by atoms with Crippen LogP contribution >= 0.6 is 11.8 Å². The molecule has 24 heavy (non-hydrogen) atoms. The molecule has 2 heterocycles. The fraction of sp³-hybridized carbons (Fsp3) is 0.143. The SMILES string of the molecule is Cc1cc(NC(=O)CSc2ncnc3nc[nH]c23)ccc1[N+](=O)[O-]. The largest absolute Gasteiger partial charge is 0.341 e. The molecule has 0 saturated carbocycles. The third-order valence-electron chi connectivity index (χ3n) is 3.21. The number of imidazole rings is 1. The van der Waals surface area contributed by atoms with Crippen LogP contribution in [0.15, 0.2) is 35.9 Å². The van der Waals surface area contributed by atoms with Crippen LogP contribution < -0.4 is 5.32 Å². The first-order valence-electron chi connectivity index (χ1n) is 6.86. The molecule has 0 fully saturated rings. The Hall–Kier alpha value is -3.01. The molecule has 0 aliphatic rings. The van der Waals surface area contributed by atoms with E-state index in [9.17, 15) is 14.9 Å². The van der Waals surface area contributed by atoms with Gasteiger partial charge < -0.3 is 10.3 Å². The van der Waals surface area contributed by atoms with Crippen LogP contribution in [0.3, 0.4) is 0 Å². The standard InChI is InChI=1S/C14H12N6O3S/c1-8-4-9(2-3-10(8)20(22)23)19-11(21)5-24-14-12-13(16-6-15-12)17-7-18-14/h2-4,6-7H,5H2,1H3,(H,19,21)(H,15,16,17,18). The van der Waals surface area contributed by atoms with E-state index in [0.717, 1.165) is 0 Å². The van der Waals surface area contributed by atoms with E-state index in [1.807, 2.05) is 0 Å². The molecule has 0 atom stereocenters. The van der Waals surface area contributed by atoms with Crippen molar-refractivity contribution in [1.82, 2.24) is 19.9 Å². The van der Waals surface area contributed by atoms with Crippen LogP contribution in [0.1, 0.15) is 5.56 Å². The minimum Gasteiger partial charge on any atom is -0.341 e. The molecule has 3 aromatic rings. The monoisotopic (exact) mass is 344 g/mol. The van der Waals surface area contributed by atoms with Crippen LogP contribution in [-0.2, 0) is 4.79 Å². The van der Waals surface area contributed by atoms with Gasteiger partial charge in [-0.05, 0) is 19.1 Å². The van der Waals surface area contributed by atoms with Crippen molar-refractivity contribution < 1.29 is 9.72 Å². The lowest BCUT2D eigenvalue weighted by molar-refractivity contribution is -0.385. The van der Waals surface area contributed by atoms with E-state index < -0.39 is 4.92 Å². The van der Waals surface area contributed by atoms with E-state index in [1.165, 1.54) is 36.5 Å². The predicted molar refractivity (Wildman–Crippen MR) is 88.9 cm³/mol. The Balaban J connectivity index is 1.65. The second-order valence-electron chi connectivity index (χ2n) is 4.88. The summed E-state index contributed by atoms with van der Waals surface area (Å²) in [6.45, 7) is 1.62. The zero-order valence-electron chi connectivity index (χ0n) is 12.5. The van der Waals surface area contributed by atoms with Gasteiger partial charge >= 0.3 is 0 Å². The second-order valence-corrected chi connectivity index (χ2v) is 5.84. The number of nitro benzene ring substituents is 1. The number of benzene rings is 1. The number of aromatic amines is 1. The number of H-pyrrole nitrogens is 1. The lowest BCUT2D eigenvalue weighted by Gasteiger charge is -2.06. The Morgan fingerprint density at radius 1 is 1.38 bits per heavy atom. The van der Waals surface area contributed by atoms with Gasteiger partial charge in [-0.15, -0.1) is 0 Å². The first-order chi connectivity index (χ1) is 11.5. The third kappa shape index (κ3) is 3.33. The Kier molecular flexibility index (Phi) is 4.38. The zero-order chi connectivity index (χ0) is 17.1. The highest BCUT2D eigenvalue weighted by Crippen LogP contribution is 2.23. The quantitative estimate of drug-likeness (QED) is 0.315. The number of nitro groups is 1. The molecule has 3 rings (SSSR count). The van der Waals surface area contributed by atoms with Gasteiger partial charge in [-0.2, -0.15) is 0 Å². The maximum Gasteiger partial charge on any atom is 0.272 e. The number of hydrogen-bond acceptors (Lipinski definition) is 7. The van der Waals surface area contributed by atoms with Crippen molar-refractivity contribution in [2.45, 2.75) is 11.9 Å². The molecular weight excluding hydrogens is 332 g/mol. The number of aromatic nitrogens is 4. The number of hydrogen-bond donors (Lipinski definition) is 2. The van der Waals surface area contributed by atoms with Crippen LogP contribution in [0.5, 0.6) is 0 Å². The normalized spacial score (nSPS) is 10.7.